The molecule has 0 aliphatic rings. The monoisotopic (exact) mass is 398 g/mol. The molecule has 21 heavy (non-hydrogen) atoms. The van der Waals surface area contributed by atoms with Gasteiger partial charge in [-0.1, -0.05) is 27.7 Å². The summed E-state index contributed by atoms with van der Waals surface area (Å²) in [6.45, 7) is 1.54. The molecule has 0 bridgehead atoms. The highest BCUT2D eigenvalue weighted by Crippen LogP contribution is 2.19. The number of alkyl halides is 1. The van der Waals surface area contributed by atoms with E-state index in [9.17, 15) is 4.79 Å². The van der Waals surface area contributed by atoms with Gasteiger partial charge in [-0.25, -0.2) is 0 Å². The van der Waals surface area contributed by atoms with E-state index in [4.69, 9.17) is 10.5 Å². The van der Waals surface area contributed by atoms with Crippen LogP contribution in [0.25, 0.3) is 0 Å². The quantitative estimate of drug-likeness (QED) is 0.688. The Bertz CT molecular complexity index is 679. The third-order valence-corrected chi connectivity index (χ3v) is 5.42. The van der Waals surface area contributed by atoms with E-state index in [0.29, 0.717) is 10.6 Å². The predicted molar refractivity (Wildman–Crippen MR) is 92.7 cm³/mol. The third-order valence-electron chi connectivity index (χ3n) is 2.12. The SMILES string of the molecule is CC(=O)SCc1csc(C#N)c1.N#Cc1cc(CBr)cs1. The molecule has 0 aromatic carbocycles. The first-order valence-electron chi connectivity index (χ1n) is 5.73. The molecule has 2 heterocycles. The lowest BCUT2D eigenvalue weighted by atomic mass is 10.3. The molecule has 0 fully saturated rings. The Labute approximate surface area is 144 Å². The molecule has 7 heteroatoms. The molecule has 108 valence electrons. The van der Waals surface area contributed by atoms with Crippen LogP contribution in [0.2, 0.25) is 0 Å². The molecule has 2 aromatic heterocycles. The summed E-state index contributed by atoms with van der Waals surface area (Å²) in [5.41, 5.74) is 2.23. The van der Waals surface area contributed by atoms with E-state index in [1.54, 1.807) is 6.92 Å². The minimum absolute atomic E-state index is 0.111. The van der Waals surface area contributed by atoms with Crippen LogP contribution in [0.15, 0.2) is 22.9 Å². The van der Waals surface area contributed by atoms with Crippen molar-refractivity contribution in [1.29, 1.82) is 10.5 Å². The highest BCUT2D eigenvalue weighted by atomic mass is 79.9. The smallest absolute Gasteiger partial charge is 0.186 e. The molecule has 0 radical (unpaired) electrons. The van der Waals surface area contributed by atoms with Crippen LogP contribution in [0.3, 0.4) is 0 Å². The molecule has 2 rings (SSSR count). The molecule has 0 unspecified atom stereocenters. The Morgan fingerprint density at radius 2 is 1.71 bits per heavy atom. The van der Waals surface area contributed by atoms with Crippen molar-refractivity contribution in [2.75, 3.05) is 0 Å². The number of hydrogen-bond acceptors (Lipinski definition) is 6. The minimum Gasteiger partial charge on any atom is -0.288 e. The molecule has 0 saturated carbocycles. The fourth-order valence-corrected chi connectivity index (χ4v) is 3.78. The van der Waals surface area contributed by atoms with Crippen LogP contribution in [-0.4, -0.2) is 5.12 Å². The zero-order valence-corrected chi connectivity index (χ0v) is 15.2. The fraction of sp³-hybridized carbons (Fsp3) is 0.214. The van der Waals surface area contributed by atoms with E-state index in [1.165, 1.54) is 40.0 Å². The fourth-order valence-electron chi connectivity index (χ4n) is 1.20. The zero-order valence-electron chi connectivity index (χ0n) is 11.1. The Hall–Kier alpha value is -1.12. The second kappa shape index (κ2) is 9.75. The maximum absolute atomic E-state index is 10.6. The van der Waals surface area contributed by atoms with Crippen molar-refractivity contribution in [2.45, 2.75) is 18.0 Å². The molecule has 0 aliphatic heterocycles. The molecular formula is C14H11BrN2OS3. The average Bonchev–Trinajstić information content (AvgIpc) is 3.14. The van der Waals surface area contributed by atoms with Crippen LogP contribution in [0.1, 0.15) is 27.8 Å². The topological polar surface area (TPSA) is 64.7 Å². The first-order valence-corrected chi connectivity index (χ1v) is 9.60. The molecule has 0 saturated heterocycles. The van der Waals surface area contributed by atoms with Gasteiger partial charge in [0.25, 0.3) is 0 Å². The van der Waals surface area contributed by atoms with Gasteiger partial charge in [0, 0.05) is 18.0 Å². The maximum atomic E-state index is 10.6. The normalized spacial score (nSPS) is 9.14. The van der Waals surface area contributed by atoms with Gasteiger partial charge in [0.2, 0.25) is 0 Å². The number of nitrogens with zero attached hydrogens (tertiary/aromatic N) is 2. The second-order valence-corrected chi connectivity index (χ2v) is 7.31. The van der Waals surface area contributed by atoms with Crippen LogP contribution in [0, 0.1) is 22.7 Å². The van der Waals surface area contributed by atoms with Gasteiger partial charge in [0.05, 0.1) is 0 Å². The van der Waals surface area contributed by atoms with Crippen molar-refractivity contribution in [2.24, 2.45) is 0 Å². The maximum Gasteiger partial charge on any atom is 0.186 e. The van der Waals surface area contributed by atoms with Crippen molar-refractivity contribution in [1.82, 2.24) is 0 Å². The summed E-state index contributed by atoms with van der Waals surface area (Å²) in [5.74, 6) is 0.674. The van der Waals surface area contributed by atoms with E-state index in [2.05, 4.69) is 28.1 Å². The van der Waals surface area contributed by atoms with Gasteiger partial charge in [-0.05, 0) is 34.0 Å². The summed E-state index contributed by atoms with van der Waals surface area (Å²) < 4.78 is 0. The summed E-state index contributed by atoms with van der Waals surface area (Å²) in [4.78, 5) is 12.1. The van der Waals surface area contributed by atoms with Gasteiger partial charge >= 0.3 is 0 Å². The summed E-state index contributed by atoms with van der Waals surface area (Å²) in [5, 5.41) is 21.7. The van der Waals surface area contributed by atoms with Crippen molar-refractivity contribution >= 4 is 55.5 Å². The average molecular weight is 399 g/mol. The first-order chi connectivity index (χ1) is 10.1. The van der Waals surface area contributed by atoms with Crippen molar-refractivity contribution < 1.29 is 4.79 Å². The molecule has 2 aromatic rings. The highest BCUT2D eigenvalue weighted by molar-refractivity contribution is 9.08. The number of thiophene rings is 2. The second-order valence-electron chi connectivity index (χ2n) is 3.78. The van der Waals surface area contributed by atoms with E-state index < -0.39 is 0 Å². The Morgan fingerprint density at radius 1 is 1.19 bits per heavy atom. The lowest BCUT2D eigenvalue weighted by Gasteiger charge is -1.90. The van der Waals surface area contributed by atoms with Gasteiger partial charge < -0.3 is 0 Å². The standard InChI is InChI=1S/C8H7NOS2.C6H4BrNS/c1-6(10)11-4-7-2-8(3-9)12-5-7;7-2-5-1-6(3-8)9-4-5/h2,5H,4H2,1H3;1,4H,2H2. The number of nitriles is 2. The molecule has 0 aliphatic carbocycles. The van der Waals surface area contributed by atoms with E-state index in [1.807, 2.05) is 22.9 Å². The molecule has 0 spiro atoms. The van der Waals surface area contributed by atoms with Crippen LogP contribution in [-0.2, 0) is 15.9 Å². The van der Waals surface area contributed by atoms with E-state index in [0.717, 1.165) is 15.8 Å². The predicted octanol–water partition coefficient (Wildman–Crippen LogP) is 4.91. The summed E-state index contributed by atoms with van der Waals surface area (Å²) in [6, 6.07) is 7.85. The first kappa shape index (κ1) is 17.9. The molecule has 3 nitrogen and oxygen atoms in total. The minimum atomic E-state index is 0.111. The lowest BCUT2D eigenvalue weighted by Crippen LogP contribution is -1.82. The van der Waals surface area contributed by atoms with Gasteiger partial charge in [0.15, 0.2) is 5.12 Å². The van der Waals surface area contributed by atoms with E-state index in [-0.39, 0.29) is 5.12 Å². The van der Waals surface area contributed by atoms with Crippen LogP contribution in [0.5, 0.6) is 0 Å². The van der Waals surface area contributed by atoms with Gasteiger partial charge in [0.1, 0.15) is 21.9 Å². The highest BCUT2D eigenvalue weighted by Gasteiger charge is 2.00. The van der Waals surface area contributed by atoms with Gasteiger partial charge in [-0.2, -0.15) is 10.5 Å². The van der Waals surface area contributed by atoms with Gasteiger partial charge in [-0.3, -0.25) is 4.79 Å². The van der Waals surface area contributed by atoms with Crippen molar-refractivity contribution in [3.05, 3.63) is 43.8 Å². The van der Waals surface area contributed by atoms with Crippen LogP contribution in [0.4, 0.5) is 0 Å². The number of rotatable bonds is 3. The Morgan fingerprint density at radius 3 is 2.10 bits per heavy atom. The number of carbonyl (C=O) groups excluding carboxylic acids is 1. The van der Waals surface area contributed by atoms with Crippen LogP contribution < -0.4 is 0 Å². The Balaban J connectivity index is 0.000000219. The Kier molecular flexibility index (Phi) is 8.33. The summed E-state index contributed by atoms with van der Waals surface area (Å²) >= 11 is 7.46. The van der Waals surface area contributed by atoms with Crippen molar-refractivity contribution in [3.63, 3.8) is 0 Å². The number of carbonyl (C=O) groups is 1. The number of hydrogen-bond donors (Lipinski definition) is 0. The summed E-state index contributed by atoms with van der Waals surface area (Å²) in [7, 11) is 0. The molecule has 0 N–H and O–H groups in total. The number of halogens is 1. The zero-order chi connectivity index (χ0) is 15.7. The van der Waals surface area contributed by atoms with Crippen LogP contribution >= 0.6 is 50.4 Å². The van der Waals surface area contributed by atoms with Gasteiger partial charge in [-0.15, -0.1) is 22.7 Å². The third kappa shape index (κ3) is 6.92. The van der Waals surface area contributed by atoms with Crippen molar-refractivity contribution in [3.8, 4) is 12.1 Å². The number of thioether (sulfide) groups is 1. The summed E-state index contributed by atoms with van der Waals surface area (Å²) in [6.07, 6.45) is 0. The van der Waals surface area contributed by atoms with E-state index >= 15 is 0 Å². The lowest BCUT2D eigenvalue weighted by molar-refractivity contribution is -0.109. The molecular weight excluding hydrogens is 388 g/mol. The molecule has 0 amide bonds. The largest absolute Gasteiger partial charge is 0.288 e. The molecule has 0 atom stereocenters.